The summed E-state index contributed by atoms with van der Waals surface area (Å²) in [5.74, 6) is 1.82. The topological polar surface area (TPSA) is 0 Å². The van der Waals surface area contributed by atoms with Crippen LogP contribution in [0.15, 0.2) is 11.6 Å². The van der Waals surface area contributed by atoms with Crippen molar-refractivity contribution in [3.05, 3.63) is 11.6 Å². The molecule has 1 rings (SSSR count). The van der Waals surface area contributed by atoms with E-state index >= 15 is 0 Å². The van der Waals surface area contributed by atoms with E-state index in [1.807, 2.05) is 0 Å². The van der Waals surface area contributed by atoms with Crippen LogP contribution in [0.4, 0.5) is 0 Å². The quantitative estimate of drug-likeness (QED) is 0.435. The molecule has 0 nitrogen and oxygen atoms in total. The van der Waals surface area contributed by atoms with Crippen LogP contribution in [-0.2, 0) is 0 Å². The number of rotatable bonds is 0. The zero-order valence-electron chi connectivity index (χ0n) is 6.65. The monoisotopic (exact) mass is 124 g/mol. The molecule has 0 saturated heterocycles. The van der Waals surface area contributed by atoms with Gasteiger partial charge in [-0.15, -0.1) is 0 Å². The summed E-state index contributed by atoms with van der Waals surface area (Å²) in [5, 5.41) is 0. The van der Waals surface area contributed by atoms with Crippen LogP contribution in [0.5, 0.6) is 0 Å². The molecule has 9 heavy (non-hydrogen) atoms. The molecule has 0 aromatic carbocycles. The molecule has 0 N–H and O–H groups in total. The van der Waals surface area contributed by atoms with E-state index in [0.717, 1.165) is 11.8 Å². The van der Waals surface area contributed by atoms with Gasteiger partial charge in [0, 0.05) is 0 Å². The Morgan fingerprint density at radius 1 is 1.33 bits per heavy atom. The second-order valence-corrected chi connectivity index (χ2v) is 3.44. The summed E-state index contributed by atoms with van der Waals surface area (Å²) in [5.41, 5.74) is 1.58. The van der Waals surface area contributed by atoms with Crippen LogP contribution >= 0.6 is 0 Å². The molecule has 0 heteroatoms. The van der Waals surface area contributed by atoms with Gasteiger partial charge in [0.25, 0.3) is 0 Å². The second-order valence-electron chi connectivity index (χ2n) is 3.44. The van der Waals surface area contributed by atoms with Gasteiger partial charge in [-0.2, -0.15) is 0 Å². The van der Waals surface area contributed by atoms with E-state index < -0.39 is 0 Å². The highest BCUT2D eigenvalue weighted by molar-refractivity contribution is 5.04. The van der Waals surface area contributed by atoms with Crippen molar-refractivity contribution in [1.82, 2.24) is 0 Å². The van der Waals surface area contributed by atoms with Crippen LogP contribution in [0.25, 0.3) is 0 Å². The molecule has 0 aromatic heterocycles. The molecule has 1 unspecified atom stereocenters. The lowest BCUT2D eigenvalue weighted by atomic mass is 9.83. The maximum atomic E-state index is 2.38. The summed E-state index contributed by atoms with van der Waals surface area (Å²) in [4.78, 5) is 0. The van der Waals surface area contributed by atoms with E-state index in [4.69, 9.17) is 0 Å². The normalized spacial score (nSPS) is 36.1. The van der Waals surface area contributed by atoms with Gasteiger partial charge in [-0.25, -0.2) is 0 Å². The Kier molecular flexibility index (Phi) is 1.94. The minimum atomic E-state index is 0.911. The summed E-state index contributed by atoms with van der Waals surface area (Å²) >= 11 is 0. The largest absolute Gasteiger partial charge is 0.0853 e. The molecule has 1 aliphatic carbocycles. The fourth-order valence-corrected chi connectivity index (χ4v) is 1.41. The van der Waals surface area contributed by atoms with E-state index in [1.165, 1.54) is 12.8 Å². The molecule has 0 aromatic rings. The third-order valence-electron chi connectivity index (χ3n) is 2.45. The minimum Gasteiger partial charge on any atom is -0.0853 e. The fourth-order valence-electron chi connectivity index (χ4n) is 1.41. The first kappa shape index (κ1) is 6.85. The molecule has 0 bridgehead atoms. The molecule has 1 aliphatic rings. The Bertz CT molecular complexity index is 122. The van der Waals surface area contributed by atoms with Crippen molar-refractivity contribution in [3.8, 4) is 0 Å². The van der Waals surface area contributed by atoms with E-state index in [-0.39, 0.29) is 0 Å². The van der Waals surface area contributed by atoms with Gasteiger partial charge < -0.3 is 0 Å². The average molecular weight is 124 g/mol. The highest BCUT2D eigenvalue weighted by atomic mass is 14.2. The van der Waals surface area contributed by atoms with Gasteiger partial charge in [0.2, 0.25) is 0 Å². The molecule has 0 amide bonds. The Morgan fingerprint density at radius 2 is 2.00 bits per heavy atom. The van der Waals surface area contributed by atoms with Crippen molar-refractivity contribution >= 4 is 0 Å². The fraction of sp³-hybridized carbons (Fsp3) is 0.778. The van der Waals surface area contributed by atoms with Gasteiger partial charge in [0.05, 0.1) is 0 Å². The summed E-state index contributed by atoms with van der Waals surface area (Å²) in [6.07, 6.45) is 5.00. The van der Waals surface area contributed by atoms with Gasteiger partial charge >= 0.3 is 0 Å². The van der Waals surface area contributed by atoms with Crippen molar-refractivity contribution < 1.29 is 0 Å². The molecule has 0 radical (unpaired) electrons. The Morgan fingerprint density at radius 3 is 2.44 bits per heavy atom. The van der Waals surface area contributed by atoms with Crippen molar-refractivity contribution in [2.75, 3.05) is 0 Å². The predicted molar refractivity (Wildman–Crippen MR) is 41.3 cm³/mol. The zero-order chi connectivity index (χ0) is 6.85. The smallest absolute Gasteiger partial charge is 0.0295 e. The lowest BCUT2D eigenvalue weighted by Crippen LogP contribution is -2.11. The molecule has 0 spiro atoms. The molecule has 0 aliphatic heterocycles. The van der Waals surface area contributed by atoms with Crippen LogP contribution in [0, 0.1) is 11.8 Å². The van der Waals surface area contributed by atoms with E-state index in [1.54, 1.807) is 5.57 Å². The summed E-state index contributed by atoms with van der Waals surface area (Å²) in [7, 11) is 0. The van der Waals surface area contributed by atoms with Gasteiger partial charge in [-0.1, -0.05) is 25.5 Å². The highest BCUT2D eigenvalue weighted by Gasteiger charge is 2.15. The van der Waals surface area contributed by atoms with Crippen LogP contribution in [0.1, 0.15) is 33.6 Å². The molecular formula is C9H16. The van der Waals surface area contributed by atoms with Crippen LogP contribution < -0.4 is 0 Å². The third-order valence-corrected chi connectivity index (χ3v) is 2.45. The maximum absolute atomic E-state index is 2.38. The van der Waals surface area contributed by atoms with Crippen molar-refractivity contribution in [1.29, 1.82) is 0 Å². The van der Waals surface area contributed by atoms with E-state index in [2.05, 4.69) is 26.8 Å². The van der Waals surface area contributed by atoms with Gasteiger partial charge in [0.1, 0.15) is 0 Å². The summed E-state index contributed by atoms with van der Waals surface area (Å²) in [6.45, 7) is 6.93. The Labute approximate surface area is 58.0 Å². The Hall–Kier alpha value is -0.260. The van der Waals surface area contributed by atoms with Crippen LogP contribution in [0.2, 0.25) is 0 Å². The van der Waals surface area contributed by atoms with E-state index in [0.29, 0.717) is 0 Å². The standard InChI is InChI=1S/C9H16/c1-7-4-5-8(2)9(3)6-7/h4,8-9H,5-6H2,1-3H3/t8?,9-/m0/s1. The van der Waals surface area contributed by atoms with Crippen molar-refractivity contribution in [2.45, 2.75) is 33.6 Å². The molecule has 0 saturated carbocycles. The van der Waals surface area contributed by atoms with Crippen molar-refractivity contribution in [2.24, 2.45) is 11.8 Å². The SMILES string of the molecule is CC1=CCC(C)[C@@H](C)C1. The lowest BCUT2D eigenvalue weighted by Gasteiger charge is -2.23. The first-order valence-corrected chi connectivity index (χ1v) is 3.86. The van der Waals surface area contributed by atoms with Gasteiger partial charge in [-0.05, 0) is 31.6 Å². The molecule has 2 atom stereocenters. The molecule has 52 valence electrons. The average Bonchev–Trinajstić information content (AvgIpc) is 1.80. The zero-order valence-corrected chi connectivity index (χ0v) is 6.65. The first-order chi connectivity index (χ1) is 4.20. The van der Waals surface area contributed by atoms with Crippen LogP contribution in [0.3, 0.4) is 0 Å². The predicted octanol–water partition coefficient (Wildman–Crippen LogP) is 3.00. The lowest BCUT2D eigenvalue weighted by molar-refractivity contribution is 0.369. The summed E-state index contributed by atoms with van der Waals surface area (Å²) < 4.78 is 0. The number of hydrogen-bond acceptors (Lipinski definition) is 0. The molecular weight excluding hydrogens is 108 g/mol. The van der Waals surface area contributed by atoms with Gasteiger partial charge in [-0.3, -0.25) is 0 Å². The molecule has 0 fully saturated rings. The number of hydrogen-bond donors (Lipinski definition) is 0. The number of allylic oxidation sites excluding steroid dienone is 2. The molecule has 0 heterocycles. The Balaban J connectivity index is 2.54. The van der Waals surface area contributed by atoms with E-state index in [9.17, 15) is 0 Å². The first-order valence-electron chi connectivity index (χ1n) is 3.86. The summed E-state index contributed by atoms with van der Waals surface area (Å²) in [6, 6.07) is 0. The highest BCUT2D eigenvalue weighted by Crippen LogP contribution is 2.27. The van der Waals surface area contributed by atoms with Gasteiger partial charge in [0.15, 0.2) is 0 Å². The van der Waals surface area contributed by atoms with Crippen LogP contribution in [-0.4, -0.2) is 0 Å². The maximum Gasteiger partial charge on any atom is -0.0295 e. The van der Waals surface area contributed by atoms with Crippen molar-refractivity contribution in [3.63, 3.8) is 0 Å². The third kappa shape index (κ3) is 1.57. The minimum absolute atomic E-state index is 0.911. The second kappa shape index (κ2) is 2.55.